The van der Waals surface area contributed by atoms with E-state index in [4.69, 9.17) is 5.11 Å². The molecular weight excluding hydrogens is 316 g/mol. The fourth-order valence-electron chi connectivity index (χ4n) is 4.26. The van der Waals surface area contributed by atoms with Crippen molar-refractivity contribution in [2.24, 2.45) is 5.92 Å². The minimum Gasteiger partial charge on any atom is -0.481 e. The Morgan fingerprint density at radius 2 is 1.92 bits per heavy atom. The second-order valence-electron chi connectivity index (χ2n) is 7.46. The van der Waals surface area contributed by atoms with Gasteiger partial charge >= 0.3 is 5.97 Å². The second kappa shape index (κ2) is 7.98. The van der Waals surface area contributed by atoms with E-state index in [9.17, 15) is 9.59 Å². The lowest BCUT2D eigenvalue weighted by Crippen LogP contribution is -2.36. The van der Waals surface area contributed by atoms with Crippen LogP contribution in [0.5, 0.6) is 0 Å². The molecule has 1 saturated heterocycles. The van der Waals surface area contributed by atoms with Gasteiger partial charge in [0.05, 0.1) is 11.7 Å². The van der Waals surface area contributed by atoms with Gasteiger partial charge in [0.15, 0.2) is 0 Å². The lowest BCUT2D eigenvalue weighted by molar-refractivity contribution is -0.138. The van der Waals surface area contributed by atoms with Crippen LogP contribution in [0.25, 0.3) is 0 Å². The van der Waals surface area contributed by atoms with Crippen LogP contribution in [0.3, 0.4) is 0 Å². The number of pyridine rings is 1. The van der Waals surface area contributed by atoms with Gasteiger partial charge in [-0.15, -0.1) is 0 Å². The maximum atomic E-state index is 13.0. The van der Waals surface area contributed by atoms with E-state index in [2.05, 4.69) is 4.98 Å². The molecule has 1 amide bonds. The van der Waals surface area contributed by atoms with Gasteiger partial charge in [-0.05, 0) is 56.7 Å². The third-order valence-corrected chi connectivity index (χ3v) is 5.49. The van der Waals surface area contributed by atoms with Crippen LogP contribution in [0, 0.1) is 12.8 Å². The number of carbonyl (C=O) groups excluding carboxylic acids is 1. The van der Waals surface area contributed by atoms with Crippen molar-refractivity contribution in [2.75, 3.05) is 6.54 Å². The molecule has 5 nitrogen and oxygen atoms in total. The molecule has 0 aromatic carbocycles. The van der Waals surface area contributed by atoms with Crippen molar-refractivity contribution < 1.29 is 14.7 Å². The summed E-state index contributed by atoms with van der Waals surface area (Å²) in [5.41, 5.74) is 2.83. The molecule has 2 heterocycles. The topological polar surface area (TPSA) is 70.5 Å². The van der Waals surface area contributed by atoms with Crippen molar-refractivity contribution in [1.29, 1.82) is 0 Å². The quantitative estimate of drug-likeness (QED) is 0.885. The minimum absolute atomic E-state index is 0.0536. The fourth-order valence-corrected chi connectivity index (χ4v) is 4.26. The van der Waals surface area contributed by atoms with E-state index in [-0.39, 0.29) is 18.4 Å². The first-order valence-electron chi connectivity index (χ1n) is 9.54. The maximum Gasteiger partial charge on any atom is 0.303 e. The molecule has 1 aliphatic heterocycles. The van der Waals surface area contributed by atoms with Gasteiger partial charge < -0.3 is 10.0 Å². The van der Waals surface area contributed by atoms with E-state index in [1.165, 1.54) is 6.42 Å². The van der Waals surface area contributed by atoms with E-state index in [0.717, 1.165) is 62.0 Å². The highest BCUT2D eigenvalue weighted by Gasteiger charge is 2.35. The van der Waals surface area contributed by atoms with Gasteiger partial charge in [0.1, 0.15) is 0 Å². The summed E-state index contributed by atoms with van der Waals surface area (Å²) in [5, 5.41) is 8.92. The monoisotopic (exact) mass is 344 g/mol. The molecule has 136 valence electrons. The van der Waals surface area contributed by atoms with Crippen LogP contribution in [0.15, 0.2) is 12.1 Å². The molecule has 1 atom stereocenters. The number of carboxylic acids is 1. The van der Waals surface area contributed by atoms with Crippen molar-refractivity contribution in [2.45, 2.75) is 70.8 Å². The van der Waals surface area contributed by atoms with Gasteiger partial charge in [0, 0.05) is 24.6 Å². The van der Waals surface area contributed by atoms with E-state index in [0.29, 0.717) is 12.3 Å². The Morgan fingerprint density at radius 3 is 2.64 bits per heavy atom. The summed E-state index contributed by atoms with van der Waals surface area (Å²) >= 11 is 0. The predicted molar refractivity (Wildman–Crippen MR) is 95.2 cm³/mol. The van der Waals surface area contributed by atoms with Crippen molar-refractivity contribution in [3.05, 3.63) is 29.1 Å². The van der Waals surface area contributed by atoms with Crippen molar-refractivity contribution in [1.82, 2.24) is 9.88 Å². The summed E-state index contributed by atoms with van der Waals surface area (Å²) in [7, 11) is 0. The summed E-state index contributed by atoms with van der Waals surface area (Å²) in [6.07, 6.45) is 8.22. The highest BCUT2D eigenvalue weighted by Crippen LogP contribution is 2.35. The standard InChI is InChI=1S/C20H28N2O3/c1-14-12-15(9-10-19(23)24)13-17(21-14)18-8-5-11-22(18)20(25)16-6-3-2-4-7-16/h12-13,16,18H,2-11H2,1H3,(H,23,24)/t18-/m0/s1. The summed E-state index contributed by atoms with van der Waals surface area (Å²) in [6.45, 7) is 2.76. The zero-order valence-electron chi connectivity index (χ0n) is 15.0. The lowest BCUT2D eigenvalue weighted by Gasteiger charge is -2.30. The van der Waals surface area contributed by atoms with Crippen LogP contribution in [0.1, 0.15) is 74.4 Å². The Morgan fingerprint density at radius 1 is 1.16 bits per heavy atom. The first kappa shape index (κ1) is 17.9. The molecule has 3 rings (SSSR count). The first-order valence-corrected chi connectivity index (χ1v) is 9.54. The van der Waals surface area contributed by atoms with Gasteiger partial charge in [0.25, 0.3) is 0 Å². The summed E-state index contributed by atoms with van der Waals surface area (Å²) in [4.78, 5) is 30.6. The minimum atomic E-state index is -0.786. The number of aliphatic carboxylic acids is 1. The molecule has 5 heteroatoms. The zero-order valence-corrected chi connectivity index (χ0v) is 15.0. The number of hydrogen-bond acceptors (Lipinski definition) is 3. The molecule has 1 aromatic heterocycles. The smallest absolute Gasteiger partial charge is 0.303 e. The molecule has 2 fully saturated rings. The average molecular weight is 344 g/mol. The molecule has 1 N–H and O–H groups in total. The van der Waals surface area contributed by atoms with Crippen LogP contribution in [-0.4, -0.2) is 33.4 Å². The number of carbonyl (C=O) groups is 2. The molecule has 0 radical (unpaired) electrons. The van der Waals surface area contributed by atoms with Gasteiger partial charge in [0.2, 0.25) is 5.91 Å². The number of carboxylic acid groups (broad SMARTS) is 1. The highest BCUT2D eigenvalue weighted by atomic mass is 16.4. The maximum absolute atomic E-state index is 13.0. The van der Waals surface area contributed by atoms with Crippen LogP contribution < -0.4 is 0 Å². The number of aryl methyl sites for hydroxylation is 2. The molecule has 0 unspecified atom stereocenters. The third kappa shape index (κ3) is 4.39. The molecule has 0 spiro atoms. The predicted octanol–water partition coefficient (Wildman–Crippen LogP) is 3.65. The summed E-state index contributed by atoms with van der Waals surface area (Å²) in [6, 6.07) is 4.01. The van der Waals surface area contributed by atoms with Crippen molar-refractivity contribution in [3.63, 3.8) is 0 Å². The largest absolute Gasteiger partial charge is 0.481 e. The van der Waals surface area contributed by atoms with Gasteiger partial charge in [-0.2, -0.15) is 0 Å². The highest BCUT2D eigenvalue weighted by molar-refractivity contribution is 5.79. The van der Waals surface area contributed by atoms with Gasteiger partial charge in [-0.25, -0.2) is 0 Å². The van der Waals surface area contributed by atoms with Gasteiger partial charge in [-0.1, -0.05) is 19.3 Å². The summed E-state index contributed by atoms with van der Waals surface area (Å²) in [5.74, 6) is -0.297. The number of nitrogens with zero attached hydrogens (tertiary/aromatic N) is 2. The Hall–Kier alpha value is -1.91. The van der Waals surface area contributed by atoms with Crippen molar-refractivity contribution >= 4 is 11.9 Å². The van der Waals surface area contributed by atoms with E-state index >= 15 is 0 Å². The van der Waals surface area contributed by atoms with Gasteiger partial charge in [-0.3, -0.25) is 14.6 Å². The van der Waals surface area contributed by atoms with Crippen LogP contribution in [-0.2, 0) is 16.0 Å². The number of rotatable bonds is 5. The second-order valence-corrected chi connectivity index (χ2v) is 7.46. The number of amides is 1. The van der Waals surface area contributed by atoms with Crippen LogP contribution in [0.2, 0.25) is 0 Å². The number of likely N-dealkylation sites (tertiary alicyclic amines) is 1. The van der Waals surface area contributed by atoms with E-state index in [1.807, 2.05) is 24.0 Å². The number of hydrogen-bond donors (Lipinski definition) is 1. The van der Waals surface area contributed by atoms with E-state index < -0.39 is 5.97 Å². The zero-order chi connectivity index (χ0) is 17.8. The van der Waals surface area contributed by atoms with Crippen LogP contribution in [0.4, 0.5) is 0 Å². The molecular formula is C20H28N2O3. The van der Waals surface area contributed by atoms with E-state index in [1.54, 1.807) is 0 Å². The Kier molecular flexibility index (Phi) is 5.71. The molecule has 1 saturated carbocycles. The summed E-state index contributed by atoms with van der Waals surface area (Å²) < 4.78 is 0. The fraction of sp³-hybridized carbons (Fsp3) is 0.650. The molecule has 0 bridgehead atoms. The lowest BCUT2D eigenvalue weighted by atomic mass is 9.88. The molecule has 1 aliphatic carbocycles. The molecule has 25 heavy (non-hydrogen) atoms. The SMILES string of the molecule is Cc1cc(CCC(=O)O)cc([C@@H]2CCCN2C(=O)C2CCCCC2)n1. The first-order chi connectivity index (χ1) is 12.0. The van der Waals surface area contributed by atoms with Crippen molar-refractivity contribution in [3.8, 4) is 0 Å². The molecule has 2 aliphatic rings. The Balaban J connectivity index is 1.77. The Bertz CT molecular complexity index is 638. The molecule has 1 aromatic rings. The number of aromatic nitrogens is 1. The Labute approximate surface area is 149 Å². The van der Waals surface area contributed by atoms with Crippen LogP contribution >= 0.6 is 0 Å². The normalized spacial score (nSPS) is 21.5. The average Bonchev–Trinajstić information content (AvgIpc) is 3.09. The third-order valence-electron chi connectivity index (χ3n) is 5.49.